The summed E-state index contributed by atoms with van der Waals surface area (Å²) in [5, 5.41) is 0. The van der Waals surface area contributed by atoms with Crippen LogP contribution in [-0.4, -0.2) is 70.1 Å². The predicted octanol–water partition coefficient (Wildman–Crippen LogP) is 7.49. The van der Waals surface area contributed by atoms with Crippen molar-refractivity contribution < 1.29 is 23.0 Å². The van der Waals surface area contributed by atoms with E-state index in [4.69, 9.17) is 9.47 Å². The van der Waals surface area contributed by atoms with E-state index in [-0.39, 0.29) is 0 Å². The lowest BCUT2D eigenvalue weighted by Gasteiger charge is -2.30. The molecule has 218 valence electrons. The van der Waals surface area contributed by atoms with Crippen LogP contribution in [0.5, 0.6) is 11.5 Å². The molecule has 1 saturated carbocycles. The standard InChI is InChI=1S/C12H15NO.C10H19N.C9H12O2.CH2F2/c1-11(9-13(2)10-14)8-12-6-4-3-5-7-12;1-2-6-10(7-3-1)11-8-4-5-9-11;1-7-4-5-8(10-2)9(6-7)11-3;2-1-3/h3-8,10H,9H2,1-2H3;10H,1-9H2;4-6H,1-3H3;1H2/b11-8+;;;. The molecule has 1 aliphatic heterocycles. The molecular weight excluding hydrogens is 498 g/mol. The number of ether oxygens (including phenoxy) is 2. The lowest BCUT2D eigenvalue weighted by molar-refractivity contribution is -0.116. The summed E-state index contributed by atoms with van der Waals surface area (Å²) in [5.41, 5.74) is 3.51. The Balaban J connectivity index is 0.000000280. The number of amides is 1. The van der Waals surface area contributed by atoms with Crippen LogP contribution in [0.1, 0.15) is 63.0 Å². The molecule has 0 radical (unpaired) electrons. The number of methoxy groups -OCH3 is 2. The van der Waals surface area contributed by atoms with Gasteiger partial charge >= 0.3 is 0 Å². The fourth-order valence-electron chi connectivity index (χ4n) is 4.81. The zero-order valence-corrected chi connectivity index (χ0v) is 24.5. The van der Waals surface area contributed by atoms with Crippen LogP contribution < -0.4 is 9.47 Å². The Bertz CT molecular complexity index is 928. The van der Waals surface area contributed by atoms with Crippen LogP contribution in [0, 0.1) is 6.92 Å². The summed E-state index contributed by atoms with van der Waals surface area (Å²) >= 11 is 0. The Labute approximate surface area is 234 Å². The molecule has 2 aromatic carbocycles. The smallest absolute Gasteiger partial charge is 0.229 e. The topological polar surface area (TPSA) is 42.0 Å². The van der Waals surface area contributed by atoms with Gasteiger partial charge in [-0.2, -0.15) is 0 Å². The molecule has 0 spiro atoms. The summed E-state index contributed by atoms with van der Waals surface area (Å²) in [5.74, 6) is 1.56. The van der Waals surface area contributed by atoms with E-state index in [1.54, 1.807) is 26.2 Å². The third-order valence-electron chi connectivity index (χ3n) is 6.66. The number of alkyl halides is 2. The van der Waals surface area contributed by atoms with Crippen LogP contribution in [0.3, 0.4) is 0 Å². The molecule has 2 fully saturated rings. The van der Waals surface area contributed by atoms with Gasteiger partial charge in [-0.1, -0.05) is 67.3 Å². The number of hydrogen-bond acceptors (Lipinski definition) is 4. The van der Waals surface area contributed by atoms with Crippen LogP contribution in [-0.2, 0) is 4.79 Å². The lowest BCUT2D eigenvalue weighted by atomic mass is 9.94. The number of hydrogen-bond donors (Lipinski definition) is 0. The van der Waals surface area contributed by atoms with Gasteiger partial charge in [0.1, 0.15) is 0 Å². The maximum absolute atomic E-state index is 10.4. The van der Waals surface area contributed by atoms with Gasteiger partial charge in [0, 0.05) is 19.6 Å². The number of likely N-dealkylation sites (tertiary alicyclic amines) is 1. The molecule has 5 nitrogen and oxygen atoms in total. The van der Waals surface area contributed by atoms with Crippen molar-refractivity contribution in [2.45, 2.75) is 64.8 Å². The minimum Gasteiger partial charge on any atom is -0.493 e. The van der Waals surface area contributed by atoms with Crippen molar-refractivity contribution in [3.8, 4) is 11.5 Å². The quantitative estimate of drug-likeness (QED) is 0.338. The summed E-state index contributed by atoms with van der Waals surface area (Å²) in [7, 11) is 5.04. The number of likely N-dealkylation sites (N-methyl/N-ethyl adjacent to an activating group) is 1. The van der Waals surface area contributed by atoms with Gasteiger partial charge in [0.05, 0.1) is 14.2 Å². The Hall–Kier alpha value is -2.93. The first-order valence-electron chi connectivity index (χ1n) is 13.8. The van der Waals surface area contributed by atoms with Crippen molar-refractivity contribution in [3.05, 3.63) is 65.2 Å². The summed E-state index contributed by atoms with van der Waals surface area (Å²) in [6, 6.07) is 16.9. The second-order valence-corrected chi connectivity index (χ2v) is 9.92. The molecule has 0 unspecified atom stereocenters. The zero-order valence-electron chi connectivity index (χ0n) is 24.5. The van der Waals surface area contributed by atoms with E-state index in [0.29, 0.717) is 6.54 Å². The van der Waals surface area contributed by atoms with E-state index in [0.717, 1.165) is 24.0 Å². The molecule has 0 N–H and O–H groups in total. The van der Waals surface area contributed by atoms with Crippen LogP contribution >= 0.6 is 0 Å². The third-order valence-corrected chi connectivity index (χ3v) is 6.66. The highest BCUT2D eigenvalue weighted by Crippen LogP contribution is 2.27. The molecule has 1 aliphatic carbocycles. The Morgan fingerprint density at radius 3 is 2.08 bits per heavy atom. The summed E-state index contributed by atoms with van der Waals surface area (Å²) < 4.78 is 29.4. The lowest BCUT2D eigenvalue weighted by Crippen LogP contribution is -2.34. The minimum absolute atomic E-state index is 0.679. The molecule has 0 atom stereocenters. The predicted molar refractivity (Wildman–Crippen MR) is 158 cm³/mol. The SMILES string of the molecule is C/C(=C\c1ccccc1)CN(C)C=O.C1CCC(N2CCCC2)CC1.COc1ccc(C)cc1OC.FCF. The number of benzene rings is 2. The fourth-order valence-corrected chi connectivity index (χ4v) is 4.81. The van der Waals surface area contributed by atoms with Gasteiger partial charge in [-0.05, 0) is 75.9 Å². The largest absolute Gasteiger partial charge is 0.493 e. The molecule has 1 amide bonds. The van der Waals surface area contributed by atoms with Gasteiger partial charge in [0.25, 0.3) is 0 Å². The second-order valence-electron chi connectivity index (χ2n) is 9.92. The summed E-state index contributed by atoms with van der Waals surface area (Å²) in [4.78, 5) is 14.7. The van der Waals surface area contributed by atoms with Crippen molar-refractivity contribution >= 4 is 12.5 Å². The Morgan fingerprint density at radius 2 is 1.54 bits per heavy atom. The number of nitrogens with zero attached hydrogens (tertiary/aromatic N) is 2. The van der Waals surface area contributed by atoms with Crippen molar-refractivity contribution in [1.82, 2.24) is 9.80 Å². The number of halogens is 2. The van der Waals surface area contributed by atoms with E-state index in [1.165, 1.54) is 74.7 Å². The van der Waals surface area contributed by atoms with Gasteiger partial charge in [0.2, 0.25) is 13.3 Å². The molecule has 2 aromatic rings. The van der Waals surface area contributed by atoms with E-state index < -0.39 is 6.93 Å². The first kappa shape index (κ1) is 34.1. The average molecular weight is 547 g/mol. The van der Waals surface area contributed by atoms with E-state index >= 15 is 0 Å². The minimum atomic E-state index is -1.75. The maximum Gasteiger partial charge on any atom is 0.229 e. The van der Waals surface area contributed by atoms with Crippen molar-refractivity contribution in [2.24, 2.45) is 0 Å². The van der Waals surface area contributed by atoms with Gasteiger partial charge in [-0.25, -0.2) is 8.78 Å². The van der Waals surface area contributed by atoms with Gasteiger partial charge in [0.15, 0.2) is 11.5 Å². The van der Waals surface area contributed by atoms with Gasteiger partial charge in [-0.3, -0.25) is 4.79 Å². The van der Waals surface area contributed by atoms with Crippen LogP contribution in [0.25, 0.3) is 6.08 Å². The average Bonchev–Trinajstić information content (AvgIpc) is 3.50. The summed E-state index contributed by atoms with van der Waals surface area (Å²) in [6.07, 6.45) is 13.3. The van der Waals surface area contributed by atoms with Crippen LogP contribution in [0.15, 0.2) is 54.1 Å². The first-order valence-corrected chi connectivity index (χ1v) is 13.8. The van der Waals surface area contributed by atoms with Crippen molar-refractivity contribution in [3.63, 3.8) is 0 Å². The first-order chi connectivity index (χ1) is 18.9. The number of carbonyl (C=O) groups is 1. The second kappa shape index (κ2) is 21.0. The highest BCUT2D eigenvalue weighted by atomic mass is 19.3. The van der Waals surface area contributed by atoms with Crippen molar-refractivity contribution in [1.29, 1.82) is 0 Å². The molecule has 0 aromatic heterocycles. The maximum atomic E-state index is 10.4. The number of carbonyl (C=O) groups excluding carboxylic acids is 1. The summed E-state index contributed by atoms with van der Waals surface area (Å²) in [6.45, 7) is 5.75. The fraction of sp³-hybridized carbons (Fsp3) is 0.531. The molecule has 7 heteroatoms. The van der Waals surface area contributed by atoms with Gasteiger partial charge < -0.3 is 19.3 Å². The van der Waals surface area contributed by atoms with E-state index in [2.05, 4.69) is 11.0 Å². The number of aryl methyl sites for hydroxylation is 1. The molecule has 1 heterocycles. The molecule has 2 aliphatic rings. The Morgan fingerprint density at radius 1 is 0.949 bits per heavy atom. The molecular formula is C32H48F2N2O3. The molecule has 0 bridgehead atoms. The monoisotopic (exact) mass is 546 g/mol. The van der Waals surface area contributed by atoms with E-state index in [1.807, 2.05) is 62.4 Å². The van der Waals surface area contributed by atoms with Crippen LogP contribution in [0.2, 0.25) is 0 Å². The normalized spacial score (nSPS) is 15.4. The number of rotatable bonds is 7. The highest BCUT2D eigenvalue weighted by molar-refractivity contribution is 5.54. The van der Waals surface area contributed by atoms with Crippen LogP contribution in [0.4, 0.5) is 8.78 Å². The molecule has 39 heavy (non-hydrogen) atoms. The van der Waals surface area contributed by atoms with E-state index in [9.17, 15) is 13.6 Å². The Kier molecular flexibility index (Phi) is 18.3. The molecule has 4 rings (SSSR count). The van der Waals surface area contributed by atoms with Gasteiger partial charge in [-0.15, -0.1) is 0 Å². The third kappa shape index (κ3) is 14.7. The van der Waals surface area contributed by atoms with Crippen molar-refractivity contribution in [2.75, 3.05) is 47.8 Å². The molecule has 1 saturated heterocycles. The zero-order chi connectivity index (χ0) is 28.9. The highest BCUT2D eigenvalue weighted by Gasteiger charge is 2.22.